The lowest BCUT2D eigenvalue weighted by molar-refractivity contribution is 0.0510. The van der Waals surface area contributed by atoms with Crippen molar-refractivity contribution in [2.45, 2.75) is 12.8 Å². The molecule has 1 aliphatic rings. The van der Waals surface area contributed by atoms with Gasteiger partial charge in [0.1, 0.15) is 5.69 Å². The van der Waals surface area contributed by atoms with Crippen molar-refractivity contribution < 1.29 is 9.53 Å². The summed E-state index contributed by atoms with van der Waals surface area (Å²) >= 11 is 0. The molecule has 0 bridgehead atoms. The van der Waals surface area contributed by atoms with E-state index in [1.807, 2.05) is 29.9 Å². The lowest BCUT2D eigenvalue weighted by Crippen LogP contribution is -2.47. The van der Waals surface area contributed by atoms with Crippen molar-refractivity contribution in [2.24, 2.45) is 12.5 Å². The third-order valence-electron chi connectivity index (χ3n) is 3.92. The number of nitrogens with one attached hydrogen (secondary N) is 2. The van der Waals surface area contributed by atoms with Crippen LogP contribution in [0.15, 0.2) is 18.3 Å². The first-order valence-electron chi connectivity index (χ1n) is 6.76. The van der Waals surface area contributed by atoms with Gasteiger partial charge in [-0.2, -0.15) is 0 Å². The maximum Gasteiger partial charge on any atom is 0.267 e. The normalized spacial score (nSPS) is 18.2. The van der Waals surface area contributed by atoms with Gasteiger partial charge in [-0.25, -0.2) is 0 Å². The SMILES string of the molecule is COCC1(CNC(=O)c2cccn2C)CCNCC1. The Morgan fingerprint density at radius 3 is 2.84 bits per heavy atom. The van der Waals surface area contributed by atoms with E-state index in [0.717, 1.165) is 25.9 Å². The zero-order valence-corrected chi connectivity index (χ0v) is 11.7. The number of methoxy groups -OCH3 is 1. The third kappa shape index (κ3) is 3.36. The molecule has 2 N–H and O–H groups in total. The third-order valence-corrected chi connectivity index (χ3v) is 3.92. The molecule has 0 aliphatic carbocycles. The minimum atomic E-state index is -0.0125. The van der Waals surface area contributed by atoms with Gasteiger partial charge in [0.15, 0.2) is 0 Å². The second kappa shape index (κ2) is 6.21. The van der Waals surface area contributed by atoms with Gasteiger partial charge in [0.2, 0.25) is 0 Å². The van der Waals surface area contributed by atoms with Crippen LogP contribution in [0.1, 0.15) is 23.3 Å². The molecule has 19 heavy (non-hydrogen) atoms. The minimum absolute atomic E-state index is 0.0125. The van der Waals surface area contributed by atoms with Crippen molar-refractivity contribution in [2.75, 3.05) is 33.4 Å². The van der Waals surface area contributed by atoms with Gasteiger partial charge in [-0.15, -0.1) is 0 Å². The Labute approximate surface area is 114 Å². The first-order valence-corrected chi connectivity index (χ1v) is 6.76. The van der Waals surface area contributed by atoms with Crippen LogP contribution in [0.5, 0.6) is 0 Å². The van der Waals surface area contributed by atoms with E-state index in [2.05, 4.69) is 10.6 Å². The van der Waals surface area contributed by atoms with E-state index in [9.17, 15) is 4.79 Å². The van der Waals surface area contributed by atoms with Crippen LogP contribution in [0.3, 0.4) is 0 Å². The Hall–Kier alpha value is -1.33. The topological polar surface area (TPSA) is 55.3 Å². The highest BCUT2D eigenvalue weighted by molar-refractivity contribution is 5.92. The van der Waals surface area contributed by atoms with E-state index in [1.165, 1.54) is 0 Å². The molecule has 1 fully saturated rings. The van der Waals surface area contributed by atoms with Gasteiger partial charge in [-0.3, -0.25) is 4.79 Å². The first-order chi connectivity index (χ1) is 9.17. The molecule has 1 amide bonds. The fourth-order valence-corrected chi connectivity index (χ4v) is 2.69. The van der Waals surface area contributed by atoms with Gasteiger partial charge in [0.25, 0.3) is 5.91 Å². The zero-order chi connectivity index (χ0) is 13.7. The molecule has 5 heteroatoms. The van der Waals surface area contributed by atoms with Crippen LogP contribution in [0, 0.1) is 5.41 Å². The molecule has 0 radical (unpaired) electrons. The molecular formula is C14H23N3O2. The fraction of sp³-hybridized carbons (Fsp3) is 0.643. The molecule has 1 aromatic rings. The highest BCUT2D eigenvalue weighted by Gasteiger charge is 2.32. The zero-order valence-electron chi connectivity index (χ0n) is 11.7. The van der Waals surface area contributed by atoms with Crippen LogP contribution in [0.4, 0.5) is 0 Å². The molecule has 0 atom stereocenters. The van der Waals surface area contributed by atoms with Crippen LogP contribution in [0.25, 0.3) is 0 Å². The maximum atomic E-state index is 12.1. The van der Waals surface area contributed by atoms with Crippen molar-refractivity contribution in [1.29, 1.82) is 0 Å². The summed E-state index contributed by atoms with van der Waals surface area (Å²) < 4.78 is 7.18. The largest absolute Gasteiger partial charge is 0.384 e. The monoisotopic (exact) mass is 265 g/mol. The van der Waals surface area contributed by atoms with E-state index < -0.39 is 0 Å². The Bertz CT molecular complexity index is 417. The molecule has 2 heterocycles. The molecular weight excluding hydrogens is 242 g/mol. The average Bonchev–Trinajstić information content (AvgIpc) is 2.84. The highest BCUT2D eigenvalue weighted by Crippen LogP contribution is 2.28. The number of ether oxygens (including phenoxy) is 1. The fourth-order valence-electron chi connectivity index (χ4n) is 2.69. The predicted molar refractivity (Wildman–Crippen MR) is 74.2 cm³/mol. The summed E-state index contributed by atoms with van der Waals surface area (Å²) in [5, 5.41) is 6.40. The van der Waals surface area contributed by atoms with E-state index in [1.54, 1.807) is 7.11 Å². The van der Waals surface area contributed by atoms with Crippen molar-refractivity contribution in [3.05, 3.63) is 24.0 Å². The molecule has 0 spiro atoms. The smallest absolute Gasteiger partial charge is 0.267 e. The van der Waals surface area contributed by atoms with E-state index in [-0.39, 0.29) is 11.3 Å². The molecule has 5 nitrogen and oxygen atoms in total. The number of carbonyl (C=O) groups excluding carboxylic acids is 1. The highest BCUT2D eigenvalue weighted by atomic mass is 16.5. The molecule has 0 saturated carbocycles. The number of amides is 1. The summed E-state index contributed by atoms with van der Waals surface area (Å²) in [6.45, 7) is 3.35. The number of aromatic nitrogens is 1. The van der Waals surface area contributed by atoms with E-state index in [4.69, 9.17) is 4.74 Å². The van der Waals surface area contributed by atoms with Crippen LogP contribution in [-0.2, 0) is 11.8 Å². The number of nitrogens with zero attached hydrogens (tertiary/aromatic N) is 1. The van der Waals surface area contributed by atoms with Crippen molar-refractivity contribution >= 4 is 5.91 Å². The number of hydrogen-bond donors (Lipinski definition) is 2. The van der Waals surface area contributed by atoms with E-state index >= 15 is 0 Å². The summed E-state index contributed by atoms with van der Waals surface area (Å²) in [7, 11) is 3.60. The number of rotatable bonds is 5. The number of carbonyl (C=O) groups is 1. The van der Waals surface area contributed by atoms with Crippen LogP contribution in [0.2, 0.25) is 0 Å². The Morgan fingerprint density at radius 1 is 1.53 bits per heavy atom. The minimum Gasteiger partial charge on any atom is -0.384 e. The Morgan fingerprint density at radius 2 is 2.26 bits per heavy atom. The number of hydrogen-bond acceptors (Lipinski definition) is 3. The lowest BCUT2D eigenvalue weighted by Gasteiger charge is -2.37. The summed E-state index contributed by atoms with van der Waals surface area (Å²) in [5.74, 6) is -0.0125. The summed E-state index contributed by atoms with van der Waals surface area (Å²) in [6, 6.07) is 3.71. The Kier molecular flexibility index (Phi) is 4.61. The first kappa shape index (κ1) is 14.1. The van der Waals surface area contributed by atoms with Gasteiger partial charge < -0.3 is 19.9 Å². The second-order valence-electron chi connectivity index (χ2n) is 5.37. The van der Waals surface area contributed by atoms with Gasteiger partial charge in [0, 0.05) is 32.3 Å². The lowest BCUT2D eigenvalue weighted by atomic mass is 9.79. The van der Waals surface area contributed by atoms with Crippen LogP contribution < -0.4 is 10.6 Å². The predicted octanol–water partition coefficient (Wildman–Crippen LogP) is 0.771. The molecule has 1 saturated heterocycles. The second-order valence-corrected chi connectivity index (χ2v) is 5.37. The molecule has 106 valence electrons. The van der Waals surface area contributed by atoms with Crippen molar-refractivity contribution in [1.82, 2.24) is 15.2 Å². The summed E-state index contributed by atoms with van der Waals surface area (Å²) in [6.07, 6.45) is 3.95. The quantitative estimate of drug-likeness (QED) is 0.827. The number of piperidine rings is 1. The molecule has 1 aromatic heterocycles. The van der Waals surface area contributed by atoms with Crippen molar-refractivity contribution in [3.8, 4) is 0 Å². The molecule has 0 aromatic carbocycles. The van der Waals surface area contributed by atoms with Gasteiger partial charge in [-0.1, -0.05) is 0 Å². The number of aryl methyl sites for hydroxylation is 1. The summed E-state index contributed by atoms with van der Waals surface area (Å²) in [4.78, 5) is 12.1. The van der Waals surface area contributed by atoms with Crippen molar-refractivity contribution in [3.63, 3.8) is 0 Å². The van der Waals surface area contributed by atoms with Crippen LogP contribution in [-0.4, -0.2) is 43.8 Å². The summed E-state index contributed by atoms with van der Waals surface area (Å²) in [5.41, 5.74) is 0.766. The average molecular weight is 265 g/mol. The van der Waals surface area contributed by atoms with Gasteiger partial charge >= 0.3 is 0 Å². The van der Waals surface area contributed by atoms with Gasteiger partial charge in [-0.05, 0) is 38.1 Å². The molecule has 0 unspecified atom stereocenters. The van der Waals surface area contributed by atoms with Crippen LogP contribution >= 0.6 is 0 Å². The standard InChI is InChI=1S/C14H23N3O2/c1-17-9-3-4-12(17)13(18)16-10-14(11-19-2)5-7-15-8-6-14/h3-4,9,15H,5-8,10-11H2,1-2H3,(H,16,18). The van der Waals surface area contributed by atoms with Gasteiger partial charge in [0.05, 0.1) is 6.61 Å². The molecule has 2 rings (SSSR count). The molecule has 1 aliphatic heterocycles. The maximum absolute atomic E-state index is 12.1. The van der Waals surface area contributed by atoms with E-state index in [0.29, 0.717) is 18.8 Å². The Balaban J connectivity index is 1.95.